The number of rotatable bonds is 2. The van der Waals surface area contributed by atoms with E-state index < -0.39 is 0 Å². The minimum absolute atomic E-state index is 0.115. The first-order valence-electron chi connectivity index (χ1n) is 4.14. The van der Waals surface area contributed by atoms with Gasteiger partial charge in [0.1, 0.15) is 5.84 Å². The fourth-order valence-electron chi connectivity index (χ4n) is 1.24. The molecule has 0 fully saturated rings. The number of hydrogen-bond donors (Lipinski definition) is 2. The molecule has 3 heteroatoms. The first kappa shape index (κ1) is 9.58. The minimum Gasteiger partial charge on any atom is -0.384 e. The van der Waals surface area contributed by atoms with Gasteiger partial charge in [-0.15, -0.1) is 0 Å². The van der Waals surface area contributed by atoms with Crippen LogP contribution in [0.4, 0.5) is 5.69 Å². The number of amidine groups is 1. The zero-order chi connectivity index (χ0) is 10.0. The van der Waals surface area contributed by atoms with Crippen LogP contribution in [0.5, 0.6) is 0 Å². The van der Waals surface area contributed by atoms with Crippen LogP contribution in [0.2, 0.25) is 0 Å². The van der Waals surface area contributed by atoms with Crippen molar-refractivity contribution in [1.82, 2.24) is 0 Å². The van der Waals surface area contributed by atoms with E-state index in [1.54, 1.807) is 0 Å². The summed E-state index contributed by atoms with van der Waals surface area (Å²) in [5, 5.41) is 7.39. The van der Waals surface area contributed by atoms with Crippen LogP contribution >= 0.6 is 0 Å². The lowest BCUT2D eigenvalue weighted by Gasteiger charge is -2.17. The number of nitrogens with one attached hydrogen (secondary N) is 1. The number of nitrogen functional groups attached to an aromatic ring is 1. The fraction of sp³-hybridized carbons (Fsp3) is 0.300. The van der Waals surface area contributed by atoms with Gasteiger partial charge in [0.2, 0.25) is 0 Å². The maximum atomic E-state index is 7.39. The Morgan fingerprint density at radius 1 is 1.38 bits per heavy atom. The average molecular weight is 177 g/mol. The Kier molecular flexibility index (Phi) is 2.56. The van der Waals surface area contributed by atoms with E-state index in [1.807, 2.05) is 44.1 Å². The van der Waals surface area contributed by atoms with Crippen molar-refractivity contribution in [3.63, 3.8) is 0 Å². The molecule has 70 valence electrons. The van der Waals surface area contributed by atoms with Gasteiger partial charge in [0.25, 0.3) is 0 Å². The molecule has 0 aliphatic carbocycles. The highest BCUT2D eigenvalue weighted by Crippen LogP contribution is 2.19. The highest BCUT2D eigenvalue weighted by atomic mass is 15.1. The van der Waals surface area contributed by atoms with Gasteiger partial charge in [0.05, 0.1) is 0 Å². The summed E-state index contributed by atoms with van der Waals surface area (Å²) in [7, 11) is 3.89. The second kappa shape index (κ2) is 3.47. The van der Waals surface area contributed by atoms with Crippen molar-refractivity contribution >= 4 is 11.5 Å². The zero-order valence-corrected chi connectivity index (χ0v) is 8.26. The van der Waals surface area contributed by atoms with Gasteiger partial charge in [-0.1, -0.05) is 6.07 Å². The van der Waals surface area contributed by atoms with Crippen LogP contribution in [0.3, 0.4) is 0 Å². The Hall–Kier alpha value is -1.51. The van der Waals surface area contributed by atoms with Crippen LogP contribution in [0.25, 0.3) is 0 Å². The molecular formula is C10H15N3. The van der Waals surface area contributed by atoms with E-state index in [-0.39, 0.29) is 5.84 Å². The third-order valence-corrected chi connectivity index (χ3v) is 1.93. The summed E-state index contributed by atoms with van der Waals surface area (Å²) in [6.07, 6.45) is 0. The summed E-state index contributed by atoms with van der Waals surface area (Å²) < 4.78 is 0. The second-order valence-corrected chi connectivity index (χ2v) is 3.33. The molecule has 0 bridgehead atoms. The number of hydrogen-bond acceptors (Lipinski definition) is 2. The van der Waals surface area contributed by atoms with E-state index in [2.05, 4.69) is 0 Å². The molecule has 3 nitrogen and oxygen atoms in total. The summed E-state index contributed by atoms with van der Waals surface area (Å²) in [4.78, 5) is 1.96. The molecule has 0 heterocycles. The van der Waals surface area contributed by atoms with E-state index in [0.717, 1.165) is 11.3 Å². The van der Waals surface area contributed by atoms with Gasteiger partial charge in [0.15, 0.2) is 0 Å². The molecule has 0 spiro atoms. The highest BCUT2D eigenvalue weighted by molar-refractivity contribution is 6.00. The monoisotopic (exact) mass is 177 g/mol. The molecule has 0 saturated carbocycles. The van der Waals surface area contributed by atoms with Gasteiger partial charge in [0, 0.05) is 25.3 Å². The summed E-state index contributed by atoms with van der Waals surface area (Å²) in [6, 6.07) is 5.87. The number of nitrogens with two attached hydrogens (primary N) is 1. The highest BCUT2D eigenvalue weighted by Gasteiger charge is 2.06. The molecule has 1 aromatic rings. The maximum Gasteiger partial charge on any atom is 0.124 e. The van der Waals surface area contributed by atoms with Gasteiger partial charge < -0.3 is 10.6 Å². The number of nitrogens with zero attached hydrogens (tertiary/aromatic N) is 1. The van der Waals surface area contributed by atoms with Gasteiger partial charge in [-0.05, 0) is 24.6 Å². The third kappa shape index (κ3) is 1.99. The molecule has 13 heavy (non-hydrogen) atoms. The molecular weight excluding hydrogens is 162 g/mol. The Morgan fingerprint density at radius 3 is 2.46 bits per heavy atom. The van der Waals surface area contributed by atoms with Gasteiger partial charge in [-0.3, -0.25) is 5.41 Å². The van der Waals surface area contributed by atoms with Crippen LogP contribution in [0, 0.1) is 12.3 Å². The third-order valence-electron chi connectivity index (χ3n) is 1.93. The molecule has 3 N–H and O–H groups in total. The van der Waals surface area contributed by atoms with E-state index in [0.29, 0.717) is 0 Å². The average Bonchev–Trinajstić information content (AvgIpc) is 2.03. The predicted molar refractivity (Wildman–Crippen MR) is 56.5 cm³/mol. The van der Waals surface area contributed by atoms with E-state index in [4.69, 9.17) is 11.1 Å². The number of benzene rings is 1. The normalized spacial score (nSPS) is 9.77. The van der Waals surface area contributed by atoms with Crippen molar-refractivity contribution in [2.24, 2.45) is 5.73 Å². The smallest absolute Gasteiger partial charge is 0.124 e. The van der Waals surface area contributed by atoms with Gasteiger partial charge >= 0.3 is 0 Å². The molecule has 0 radical (unpaired) electrons. The first-order valence-corrected chi connectivity index (χ1v) is 4.14. The van der Waals surface area contributed by atoms with Crippen molar-refractivity contribution in [3.8, 4) is 0 Å². The number of anilines is 1. The lowest BCUT2D eigenvalue weighted by molar-refractivity contribution is 1.12. The lowest BCUT2D eigenvalue weighted by Crippen LogP contribution is -2.18. The van der Waals surface area contributed by atoms with Crippen molar-refractivity contribution in [2.45, 2.75) is 6.92 Å². The lowest BCUT2D eigenvalue weighted by atomic mass is 10.1. The van der Waals surface area contributed by atoms with Crippen molar-refractivity contribution < 1.29 is 0 Å². The zero-order valence-electron chi connectivity index (χ0n) is 8.26. The van der Waals surface area contributed by atoms with Crippen molar-refractivity contribution in [2.75, 3.05) is 19.0 Å². The summed E-state index contributed by atoms with van der Waals surface area (Å²) in [6.45, 7) is 2.02. The Bertz CT molecular complexity index is 329. The summed E-state index contributed by atoms with van der Waals surface area (Å²) in [5.41, 5.74) is 8.41. The quantitative estimate of drug-likeness (QED) is 0.529. The van der Waals surface area contributed by atoms with E-state index >= 15 is 0 Å². The molecule has 0 amide bonds. The van der Waals surface area contributed by atoms with Crippen LogP contribution in [-0.4, -0.2) is 19.9 Å². The van der Waals surface area contributed by atoms with Crippen LogP contribution in [0.1, 0.15) is 11.1 Å². The molecule has 1 rings (SSSR count). The maximum absolute atomic E-state index is 7.39. The molecule has 1 aromatic carbocycles. The fourth-order valence-corrected chi connectivity index (χ4v) is 1.24. The van der Waals surface area contributed by atoms with Crippen molar-refractivity contribution in [1.29, 1.82) is 5.41 Å². The Balaban J connectivity index is 3.26. The summed E-state index contributed by atoms with van der Waals surface area (Å²) in [5.74, 6) is 0.115. The van der Waals surface area contributed by atoms with Crippen molar-refractivity contribution in [3.05, 3.63) is 29.3 Å². The summed E-state index contributed by atoms with van der Waals surface area (Å²) >= 11 is 0. The standard InChI is InChI=1S/C10H15N3/c1-7-4-5-8(10(11)12)9(6-7)13(2)3/h4-6H,1-3H3,(H3,11,12). The van der Waals surface area contributed by atoms with Crippen LogP contribution < -0.4 is 10.6 Å². The molecule has 0 aromatic heterocycles. The minimum atomic E-state index is 0.115. The van der Waals surface area contributed by atoms with Gasteiger partial charge in [-0.2, -0.15) is 0 Å². The Morgan fingerprint density at radius 2 is 2.00 bits per heavy atom. The molecule has 0 unspecified atom stereocenters. The Labute approximate surface area is 78.7 Å². The number of aryl methyl sites for hydroxylation is 1. The van der Waals surface area contributed by atoms with Gasteiger partial charge in [-0.25, -0.2) is 0 Å². The largest absolute Gasteiger partial charge is 0.384 e. The SMILES string of the molecule is Cc1ccc(C(=N)N)c(N(C)C)c1. The molecule has 0 atom stereocenters. The first-order chi connectivity index (χ1) is 6.02. The molecule has 0 aliphatic rings. The second-order valence-electron chi connectivity index (χ2n) is 3.33. The molecule has 0 saturated heterocycles. The molecule has 0 aliphatic heterocycles. The topological polar surface area (TPSA) is 53.1 Å². The predicted octanol–water partition coefficient (Wildman–Crippen LogP) is 1.35. The van der Waals surface area contributed by atoms with E-state index in [1.165, 1.54) is 5.56 Å². The van der Waals surface area contributed by atoms with E-state index in [9.17, 15) is 0 Å². The van der Waals surface area contributed by atoms with Crippen LogP contribution in [0.15, 0.2) is 18.2 Å². The van der Waals surface area contributed by atoms with Crippen LogP contribution in [-0.2, 0) is 0 Å².